The number of rotatable bonds is 3. The van der Waals surface area contributed by atoms with E-state index in [0.717, 1.165) is 34.6 Å². The maximum Gasteiger partial charge on any atom is 0.257 e. The second-order valence-corrected chi connectivity index (χ2v) is 7.43. The van der Waals surface area contributed by atoms with E-state index in [9.17, 15) is 4.79 Å². The molecule has 3 aromatic rings. The summed E-state index contributed by atoms with van der Waals surface area (Å²) in [4.78, 5) is 17.0. The summed E-state index contributed by atoms with van der Waals surface area (Å²) in [6.45, 7) is 6.78. The van der Waals surface area contributed by atoms with Gasteiger partial charge in [-0.1, -0.05) is 29.5 Å². The third-order valence-corrected chi connectivity index (χ3v) is 5.49. The summed E-state index contributed by atoms with van der Waals surface area (Å²) in [5.41, 5.74) is 2.48. The Kier molecular flexibility index (Phi) is 4.42. The van der Waals surface area contributed by atoms with E-state index < -0.39 is 0 Å². The van der Waals surface area contributed by atoms with Gasteiger partial charge in [-0.2, -0.15) is 5.10 Å². The zero-order valence-electron chi connectivity index (χ0n) is 14.8. The van der Waals surface area contributed by atoms with Crippen molar-refractivity contribution in [2.24, 2.45) is 0 Å². The summed E-state index contributed by atoms with van der Waals surface area (Å²) in [5, 5.41) is 14.6. The molecule has 0 atom stereocenters. The van der Waals surface area contributed by atoms with E-state index in [4.69, 9.17) is 0 Å². The molecular weight excluding hydrogens is 348 g/mol. The van der Waals surface area contributed by atoms with Crippen molar-refractivity contribution in [1.82, 2.24) is 24.9 Å². The second kappa shape index (κ2) is 6.87. The van der Waals surface area contributed by atoms with Crippen LogP contribution < -0.4 is 4.90 Å². The van der Waals surface area contributed by atoms with Crippen molar-refractivity contribution in [2.45, 2.75) is 13.8 Å². The predicted molar refractivity (Wildman–Crippen MR) is 101 cm³/mol. The van der Waals surface area contributed by atoms with E-state index in [1.165, 1.54) is 0 Å². The van der Waals surface area contributed by atoms with Gasteiger partial charge >= 0.3 is 0 Å². The molecule has 0 bridgehead atoms. The molecule has 134 valence electrons. The standard InChI is InChI=1S/C18H20N6OS/c1-13-16(12-19-24(13)15-6-4-3-5-7-15)17(25)22-8-10-23(11-9-22)18-21-20-14(2)26-18/h3-7,12H,8-11H2,1-2H3. The van der Waals surface area contributed by atoms with Crippen LogP contribution in [0, 0.1) is 13.8 Å². The summed E-state index contributed by atoms with van der Waals surface area (Å²) < 4.78 is 1.81. The molecule has 3 heterocycles. The number of piperazine rings is 1. The zero-order chi connectivity index (χ0) is 18.1. The molecule has 7 nitrogen and oxygen atoms in total. The zero-order valence-corrected chi connectivity index (χ0v) is 15.6. The molecule has 1 aromatic carbocycles. The van der Waals surface area contributed by atoms with Crippen molar-refractivity contribution in [3.8, 4) is 5.69 Å². The highest BCUT2D eigenvalue weighted by atomic mass is 32.1. The number of aryl methyl sites for hydroxylation is 1. The van der Waals surface area contributed by atoms with Gasteiger partial charge in [0.05, 0.1) is 23.1 Å². The molecular formula is C18H20N6OS. The fourth-order valence-corrected chi connectivity index (χ4v) is 3.87. The van der Waals surface area contributed by atoms with Crippen molar-refractivity contribution in [2.75, 3.05) is 31.1 Å². The van der Waals surface area contributed by atoms with Crippen LogP contribution in [0.3, 0.4) is 0 Å². The van der Waals surface area contributed by atoms with E-state index in [0.29, 0.717) is 18.7 Å². The van der Waals surface area contributed by atoms with Gasteiger partial charge in [-0.25, -0.2) is 4.68 Å². The highest BCUT2D eigenvalue weighted by Gasteiger charge is 2.26. The number of hydrogen-bond acceptors (Lipinski definition) is 6. The Morgan fingerprint density at radius 2 is 1.77 bits per heavy atom. The molecule has 26 heavy (non-hydrogen) atoms. The van der Waals surface area contributed by atoms with Crippen LogP contribution >= 0.6 is 11.3 Å². The Morgan fingerprint density at radius 3 is 2.42 bits per heavy atom. The number of para-hydroxylation sites is 1. The van der Waals surface area contributed by atoms with Crippen LogP contribution in [0.25, 0.3) is 5.69 Å². The average molecular weight is 368 g/mol. The average Bonchev–Trinajstić information content (AvgIpc) is 3.28. The number of carbonyl (C=O) groups is 1. The molecule has 1 fully saturated rings. The van der Waals surface area contributed by atoms with Gasteiger partial charge in [-0.05, 0) is 26.0 Å². The van der Waals surface area contributed by atoms with E-state index in [1.807, 2.05) is 53.8 Å². The normalized spacial score (nSPS) is 14.7. The van der Waals surface area contributed by atoms with Crippen molar-refractivity contribution >= 4 is 22.4 Å². The first kappa shape index (κ1) is 16.7. The Bertz CT molecular complexity index is 911. The van der Waals surface area contributed by atoms with Gasteiger partial charge in [-0.3, -0.25) is 4.79 Å². The van der Waals surface area contributed by atoms with Gasteiger partial charge < -0.3 is 9.80 Å². The lowest BCUT2D eigenvalue weighted by Gasteiger charge is -2.34. The van der Waals surface area contributed by atoms with Crippen LogP contribution in [-0.4, -0.2) is 57.0 Å². The molecule has 0 unspecified atom stereocenters. The lowest BCUT2D eigenvalue weighted by atomic mass is 10.2. The lowest BCUT2D eigenvalue weighted by molar-refractivity contribution is 0.0746. The minimum Gasteiger partial charge on any atom is -0.343 e. The van der Waals surface area contributed by atoms with Crippen LogP contribution in [0.15, 0.2) is 36.5 Å². The Balaban J connectivity index is 1.47. The third-order valence-electron chi connectivity index (χ3n) is 4.59. The number of amides is 1. The fraction of sp³-hybridized carbons (Fsp3) is 0.333. The molecule has 1 aliphatic heterocycles. The quantitative estimate of drug-likeness (QED) is 0.710. The lowest BCUT2D eigenvalue weighted by Crippen LogP contribution is -2.48. The number of benzene rings is 1. The highest BCUT2D eigenvalue weighted by Crippen LogP contribution is 2.22. The van der Waals surface area contributed by atoms with E-state index in [2.05, 4.69) is 20.2 Å². The van der Waals surface area contributed by atoms with Gasteiger partial charge in [0.15, 0.2) is 0 Å². The first-order valence-corrected chi connectivity index (χ1v) is 9.39. The topological polar surface area (TPSA) is 67.2 Å². The molecule has 0 aliphatic carbocycles. The van der Waals surface area contributed by atoms with E-state index >= 15 is 0 Å². The number of carbonyl (C=O) groups excluding carboxylic acids is 1. The van der Waals surface area contributed by atoms with Crippen molar-refractivity contribution in [3.63, 3.8) is 0 Å². The summed E-state index contributed by atoms with van der Waals surface area (Å²) in [6.07, 6.45) is 1.67. The Labute approximate surface area is 155 Å². The monoisotopic (exact) mass is 368 g/mol. The van der Waals surface area contributed by atoms with Gasteiger partial charge in [0, 0.05) is 26.2 Å². The molecule has 4 rings (SSSR count). The summed E-state index contributed by atoms with van der Waals surface area (Å²) in [6, 6.07) is 9.86. The molecule has 1 amide bonds. The minimum absolute atomic E-state index is 0.0396. The molecule has 0 N–H and O–H groups in total. The number of nitrogens with zero attached hydrogens (tertiary/aromatic N) is 6. The summed E-state index contributed by atoms with van der Waals surface area (Å²) in [7, 11) is 0. The molecule has 1 saturated heterocycles. The number of aromatic nitrogens is 4. The van der Waals surface area contributed by atoms with Gasteiger partial charge in [0.2, 0.25) is 5.13 Å². The molecule has 0 saturated carbocycles. The Morgan fingerprint density at radius 1 is 1.04 bits per heavy atom. The van der Waals surface area contributed by atoms with E-state index in [1.54, 1.807) is 17.5 Å². The van der Waals surface area contributed by atoms with Gasteiger partial charge in [0.25, 0.3) is 5.91 Å². The van der Waals surface area contributed by atoms with Crippen LogP contribution in [0.4, 0.5) is 5.13 Å². The van der Waals surface area contributed by atoms with Crippen LogP contribution in [-0.2, 0) is 0 Å². The first-order chi connectivity index (χ1) is 12.6. The predicted octanol–water partition coefficient (Wildman–Crippen LogP) is 2.30. The van der Waals surface area contributed by atoms with Crippen molar-refractivity contribution < 1.29 is 4.79 Å². The Hall–Kier alpha value is -2.74. The fourth-order valence-electron chi connectivity index (χ4n) is 3.13. The third kappa shape index (κ3) is 3.08. The van der Waals surface area contributed by atoms with Crippen LogP contribution in [0.5, 0.6) is 0 Å². The maximum absolute atomic E-state index is 12.9. The second-order valence-electron chi connectivity index (χ2n) is 6.27. The molecule has 0 spiro atoms. The smallest absolute Gasteiger partial charge is 0.257 e. The van der Waals surface area contributed by atoms with Gasteiger partial charge in [-0.15, -0.1) is 10.2 Å². The first-order valence-electron chi connectivity index (χ1n) is 8.58. The van der Waals surface area contributed by atoms with Crippen molar-refractivity contribution in [3.05, 3.63) is 52.8 Å². The SMILES string of the molecule is Cc1nnc(N2CCN(C(=O)c3cnn(-c4ccccc4)c3C)CC2)s1. The molecule has 0 radical (unpaired) electrons. The summed E-state index contributed by atoms with van der Waals surface area (Å²) in [5.74, 6) is 0.0396. The molecule has 8 heteroatoms. The largest absolute Gasteiger partial charge is 0.343 e. The molecule has 2 aromatic heterocycles. The van der Waals surface area contributed by atoms with Crippen molar-refractivity contribution in [1.29, 1.82) is 0 Å². The number of anilines is 1. The van der Waals surface area contributed by atoms with Crippen LogP contribution in [0.2, 0.25) is 0 Å². The summed E-state index contributed by atoms with van der Waals surface area (Å²) >= 11 is 1.59. The minimum atomic E-state index is 0.0396. The van der Waals surface area contributed by atoms with E-state index in [-0.39, 0.29) is 5.91 Å². The maximum atomic E-state index is 12.9. The van der Waals surface area contributed by atoms with Crippen LogP contribution in [0.1, 0.15) is 21.1 Å². The highest BCUT2D eigenvalue weighted by molar-refractivity contribution is 7.15. The molecule has 1 aliphatic rings. The van der Waals surface area contributed by atoms with Gasteiger partial charge in [0.1, 0.15) is 5.01 Å². The number of hydrogen-bond donors (Lipinski definition) is 0.